The van der Waals surface area contributed by atoms with Crippen LogP contribution in [0.25, 0.3) is 0 Å². The van der Waals surface area contributed by atoms with Crippen LogP contribution in [0.1, 0.15) is 18.1 Å². The molecule has 1 aromatic heterocycles. The Labute approximate surface area is 204 Å². The lowest BCUT2D eigenvalue weighted by Gasteiger charge is -2.28. The molecule has 4 rings (SSSR count). The summed E-state index contributed by atoms with van der Waals surface area (Å²) in [6, 6.07) is 10.00. The maximum Gasteiger partial charge on any atom is 0.323 e. The number of methoxy groups -OCH3 is 1. The van der Waals surface area contributed by atoms with Gasteiger partial charge in [0.05, 0.1) is 25.0 Å². The topological polar surface area (TPSA) is 97.8 Å². The van der Waals surface area contributed by atoms with Gasteiger partial charge in [-0.15, -0.1) is 0 Å². The Morgan fingerprint density at radius 2 is 1.91 bits per heavy atom. The number of urea groups is 1. The van der Waals surface area contributed by atoms with Crippen molar-refractivity contribution in [3.05, 3.63) is 70.1 Å². The Balaban J connectivity index is 1.58. The molecule has 2 heterocycles. The number of anilines is 1. The van der Waals surface area contributed by atoms with Crippen molar-refractivity contribution in [3.8, 4) is 17.2 Å². The fraction of sp³-hybridized carbons (Fsp3) is 0.217. The predicted octanol–water partition coefficient (Wildman–Crippen LogP) is 5.13. The molecule has 0 saturated heterocycles. The van der Waals surface area contributed by atoms with E-state index in [0.717, 1.165) is 6.07 Å². The molecule has 1 N–H and O–H groups in total. The Hall–Kier alpha value is -3.18. The summed E-state index contributed by atoms with van der Waals surface area (Å²) in [5.41, 5.74) is 0.879. The van der Waals surface area contributed by atoms with Gasteiger partial charge in [0.1, 0.15) is 22.2 Å². The molecule has 0 bridgehead atoms. The van der Waals surface area contributed by atoms with E-state index in [-0.39, 0.29) is 34.5 Å². The zero-order valence-corrected chi connectivity index (χ0v) is 20.7. The molecule has 0 unspecified atom stereocenters. The maximum absolute atomic E-state index is 14.9. The third kappa shape index (κ3) is 4.85. The molecule has 1 aliphatic heterocycles. The number of amides is 2. The molecule has 0 saturated carbocycles. The van der Waals surface area contributed by atoms with Crippen LogP contribution >= 0.6 is 15.9 Å². The number of aromatic nitrogens is 1. The van der Waals surface area contributed by atoms with Crippen LogP contribution in [-0.2, 0) is 22.1 Å². The van der Waals surface area contributed by atoms with Gasteiger partial charge in [-0.25, -0.2) is 22.6 Å². The highest BCUT2D eigenvalue weighted by Crippen LogP contribution is 2.35. The van der Waals surface area contributed by atoms with Crippen molar-refractivity contribution in [3.63, 3.8) is 0 Å². The van der Waals surface area contributed by atoms with Gasteiger partial charge in [-0.3, -0.25) is 5.32 Å². The van der Waals surface area contributed by atoms with Gasteiger partial charge in [0.15, 0.2) is 21.4 Å². The van der Waals surface area contributed by atoms with E-state index in [1.165, 1.54) is 31.5 Å². The van der Waals surface area contributed by atoms with E-state index in [1.54, 1.807) is 23.1 Å². The van der Waals surface area contributed by atoms with Crippen molar-refractivity contribution in [1.29, 1.82) is 0 Å². The number of hydrogen-bond acceptors (Lipinski definition) is 6. The normalized spacial score (nSPS) is 13.3. The number of ether oxygens (including phenoxy) is 2. The van der Waals surface area contributed by atoms with Crippen LogP contribution in [0, 0.1) is 5.82 Å². The minimum Gasteiger partial charge on any atom is -0.495 e. The second-order valence-corrected chi connectivity index (χ2v) is 10.4. The summed E-state index contributed by atoms with van der Waals surface area (Å²) in [5, 5.41) is 2.69. The van der Waals surface area contributed by atoms with Gasteiger partial charge < -0.3 is 14.4 Å². The van der Waals surface area contributed by atoms with Crippen LogP contribution in [0.3, 0.4) is 0 Å². The van der Waals surface area contributed by atoms with E-state index in [0.29, 0.717) is 28.1 Å². The van der Waals surface area contributed by atoms with E-state index in [1.807, 2.05) is 6.92 Å². The van der Waals surface area contributed by atoms with Crippen molar-refractivity contribution in [1.82, 2.24) is 9.88 Å². The largest absolute Gasteiger partial charge is 0.495 e. The molecule has 0 aliphatic carbocycles. The van der Waals surface area contributed by atoms with E-state index >= 15 is 0 Å². The first kappa shape index (κ1) is 24.0. The molecule has 11 heteroatoms. The molecule has 0 fully saturated rings. The molecule has 2 aromatic carbocycles. The maximum atomic E-state index is 14.9. The predicted molar refractivity (Wildman–Crippen MR) is 127 cm³/mol. The Bertz CT molecular complexity index is 1370. The van der Waals surface area contributed by atoms with Gasteiger partial charge in [-0.2, -0.15) is 0 Å². The number of benzene rings is 2. The number of nitrogens with zero attached hydrogens (tertiary/aromatic N) is 2. The molecule has 2 amide bonds. The van der Waals surface area contributed by atoms with Crippen LogP contribution < -0.4 is 14.8 Å². The van der Waals surface area contributed by atoms with E-state index < -0.39 is 21.4 Å². The highest BCUT2D eigenvalue weighted by atomic mass is 79.9. The number of sulfone groups is 1. The van der Waals surface area contributed by atoms with E-state index in [9.17, 15) is 17.6 Å². The number of carbonyl (C=O) groups excluding carboxylic acids is 1. The number of carbonyl (C=O) groups is 1. The molecule has 1 aliphatic rings. The number of hydrogen-bond donors (Lipinski definition) is 1. The molecule has 8 nitrogen and oxygen atoms in total. The van der Waals surface area contributed by atoms with Crippen molar-refractivity contribution < 1.29 is 27.1 Å². The molecular formula is C23H21BrFN3O5S. The molecule has 34 heavy (non-hydrogen) atoms. The van der Waals surface area contributed by atoms with Gasteiger partial charge in [0.25, 0.3) is 0 Å². The fourth-order valence-electron chi connectivity index (χ4n) is 3.56. The van der Waals surface area contributed by atoms with Crippen LogP contribution in [0.15, 0.2) is 58.0 Å². The number of nitrogens with one attached hydrogen (secondary N) is 1. The molecular weight excluding hydrogens is 529 g/mol. The van der Waals surface area contributed by atoms with Gasteiger partial charge in [-0.05, 0) is 48.9 Å². The van der Waals surface area contributed by atoms with Gasteiger partial charge in [-0.1, -0.05) is 22.0 Å². The van der Waals surface area contributed by atoms with E-state index in [4.69, 9.17) is 9.47 Å². The molecule has 0 radical (unpaired) electrons. The zero-order valence-electron chi connectivity index (χ0n) is 18.3. The van der Waals surface area contributed by atoms with Crippen LogP contribution in [0.4, 0.5) is 15.0 Å². The van der Waals surface area contributed by atoms with Gasteiger partial charge >= 0.3 is 6.03 Å². The monoisotopic (exact) mass is 549 g/mol. The summed E-state index contributed by atoms with van der Waals surface area (Å²) in [6.07, 6.45) is 1.46. The van der Waals surface area contributed by atoms with Crippen molar-refractivity contribution >= 4 is 37.6 Å². The average molecular weight is 550 g/mol. The number of fused-ring (bicyclic) bond motifs is 1. The molecule has 178 valence electrons. The van der Waals surface area contributed by atoms with Gasteiger partial charge in [0, 0.05) is 17.2 Å². The summed E-state index contributed by atoms with van der Waals surface area (Å²) in [7, 11) is -2.42. The molecule has 0 atom stereocenters. The highest BCUT2D eigenvalue weighted by Gasteiger charge is 2.26. The lowest BCUT2D eigenvalue weighted by Crippen LogP contribution is -2.38. The number of rotatable bonds is 7. The summed E-state index contributed by atoms with van der Waals surface area (Å²) < 4.78 is 52.4. The molecule has 0 spiro atoms. The lowest BCUT2D eigenvalue weighted by atomic mass is 10.2. The lowest BCUT2D eigenvalue weighted by molar-refractivity contribution is 0.209. The van der Waals surface area contributed by atoms with Crippen LogP contribution in [-0.4, -0.2) is 38.0 Å². The fourth-order valence-corrected chi connectivity index (χ4v) is 5.61. The van der Waals surface area contributed by atoms with Crippen molar-refractivity contribution in [2.24, 2.45) is 0 Å². The van der Waals surface area contributed by atoms with E-state index in [2.05, 4.69) is 26.2 Å². The zero-order chi connectivity index (χ0) is 24.5. The van der Waals surface area contributed by atoms with Crippen LogP contribution in [0.2, 0.25) is 0 Å². The average Bonchev–Trinajstić information content (AvgIpc) is 2.80. The Kier molecular flexibility index (Phi) is 6.76. The number of pyridine rings is 1. The molecule has 3 aromatic rings. The summed E-state index contributed by atoms with van der Waals surface area (Å²) in [4.78, 5) is 17.8. The third-order valence-electron chi connectivity index (χ3n) is 5.29. The second-order valence-electron chi connectivity index (χ2n) is 7.50. The Morgan fingerprint density at radius 3 is 2.62 bits per heavy atom. The third-order valence-corrected chi connectivity index (χ3v) is 7.49. The summed E-state index contributed by atoms with van der Waals surface area (Å²) in [5.74, 6) is -0.292. The SMILES string of the molecule is CCN1Cc2c(Oc3ccc(CS(=O)(=O)c4cc(Br)ccc4OC)cc3F)ccnc2NC1=O. The quantitative estimate of drug-likeness (QED) is 0.439. The van der Waals surface area contributed by atoms with Gasteiger partial charge in [0.2, 0.25) is 0 Å². The smallest absolute Gasteiger partial charge is 0.323 e. The Morgan fingerprint density at radius 1 is 1.15 bits per heavy atom. The minimum absolute atomic E-state index is 0.0102. The number of halogens is 2. The van der Waals surface area contributed by atoms with Crippen LogP contribution in [0.5, 0.6) is 17.2 Å². The minimum atomic E-state index is -3.81. The first-order chi connectivity index (χ1) is 16.2. The standard InChI is InChI=1S/C23H21BrFN3O5S/c1-3-28-12-16-18(8-9-26-22(16)27-23(28)29)33-19-6-4-14(10-17(19)25)13-34(30,31)21-11-15(24)5-7-20(21)32-2/h4-11H,3,12-13H2,1-2H3,(H,26,27,29). The summed E-state index contributed by atoms with van der Waals surface area (Å²) in [6.45, 7) is 2.60. The first-order valence-electron chi connectivity index (χ1n) is 10.3. The second kappa shape index (κ2) is 9.59. The highest BCUT2D eigenvalue weighted by molar-refractivity contribution is 9.10. The van der Waals surface area contributed by atoms with Crippen molar-refractivity contribution in [2.45, 2.75) is 24.1 Å². The first-order valence-corrected chi connectivity index (χ1v) is 12.7. The summed E-state index contributed by atoms with van der Waals surface area (Å²) >= 11 is 3.27. The van der Waals surface area contributed by atoms with Crippen molar-refractivity contribution in [2.75, 3.05) is 19.0 Å².